The molecule has 4 atom stereocenters. The fraction of sp³-hybridized carbons (Fsp3) is 0.615. The number of aliphatic hydroxyl groups excluding tert-OH is 1. The number of aryl methyl sites for hydroxylation is 1. The summed E-state index contributed by atoms with van der Waals surface area (Å²) >= 11 is 0. The van der Waals surface area contributed by atoms with Gasteiger partial charge in [-0.2, -0.15) is 0 Å². The molecule has 2 N–H and O–H groups in total. The minimum Gasteiger partial charge on any atom is -0.437 e. The maximum Gasteiger partial charge on any atom is 0.480 e. The third kappa shape index (κ3) is 7.33. The van der Waals surface area contributed by atoms with Gasteiger partial charge >= 0.3 is 19.8 Å². The van der Waals surface area contributed by atoms with E-state index in [1.165, 1.54) is 10.9 Å². The first-order valence-corrected chi connectivity index (χ1v) is 14.4. The van der Waals surface area contributed by atoms with Crippen LogP contribution in [0, 0.1) is 17.8 Å². The summed E-state index contributed by atoms with van der Waals surface area (Å²) < 4.78 is 61.6. The van der Waals surface area contributed by atoms with E-state index in [0.717, 1.165) is 6.08 Å². The molecule has 0 bridgehead atoms. The predicted octanol–water partition coefficient (Wildman–Crippen LogP) is 3.44. The number of imidazole rings is 1. The normalized spacial score (nSPS) is 23.2. The largest absolute Gasteiger partial charge is 0.480 e. The Balaban J connectivity index is 1.82. The molecule has 1 aliphatic heterocycles. The zero-order chi connectivity index (χ0) is 31.7. The summed E-state index contributed by atoms with van der Waals surface area (Å²) in [4.78, 5) is 43.1. The number of carbonyl (C=O) groups excluding carboxylic acids is 2. The van der Waals surface area contributed by atoms with E-state index in [9.17, 15) is 24.1 Å². The quantitative estimate of drug-likeness (QED) is 0.163. The Morgan fingerprint density at radius 3 is 2.21 bits per heavy atom. The summed E-state index contributed by atoms with van der Waals surface area (Å²) in [5.74, 6) is -1.37. The van der Waals surface area contributed by atoms with Crippen LogP contribution >= 0.6 is 7.82 Å². The number of nitrogens with zero attached hydrogens (tertiary/aromatic N) is 2. The molecule has 2 aromatic rings. The van der Waals surface area contributed by atoms with E-state index < -0.39 is 80.4 Å². The second-order valence-corrected chi connectivity index (χ2v) is 13.5. The van der Waals surface area contributed by atoms with Gasteiger partial charge in [0.2, 0.25) is 13.6 Å². The fourth-order valence-corrected chi connectivity index (χ4v) is 4.67. The smallest absolute Gasteiger partial charge is 0.437 e. The number of aromatic nitrogens is 3. The molecule has 14 nitrogen and oxygen atoms in total. The van der Waals surface area contributed by atoms with Crippen molar-refractivity contribution in [3.05, 3.63) is 41.1 Å². The monoisotopic (exact) mass is 617 g/mol. The second-order valence-electron chi connectivity index (χ2n) is 11.8. The number of aromatic amines is 1. The van der Waals surface area contributed by atoms with Crippen LogP contribution in [0.4, 0.5) is 4.39 Å². The Hall–Kier alpha value is -2.94. The van der Waals surface area contributed by atoms with Crippen molar-refractivity contribution < 1.29 is 51.4 Å². The lowest BCUT2D eigenvalue weighted by molar-refractivity contribution is -0.164. The molecule has 0 spiro atoms. The van der Waals surface area contributed by atoms with Gasteiger partial charge in [0.25, 0.3) is 5.56 Å². The number of H-pyrrole nitrogens is 1. The lowest BCUT2D eigenvalue weighted by atomic mass is 9.97. The number of alkyl halides is 1. The zero-order valence-electron chi connectivity index (χ0n) is 24.5. The highest BCUT2D eigenvalue weighted by molar-refractivity contribution is 7.48. The number of phosphoric ester groups is 1. The Bertz CT molecular complexity index is 1390. The summed E-state index contributed by atoms with van der Waals surface area (Å²) in [6.45, 7) is 12.2. The molecule has 0 aliphatic carbocycles. The molecule has 1 saturated heterocycles. The van der Waals surface area contributed by atoms with Gasteiger partial charge in [-0.3, -0.25) is 18.9 Å². The Kier molecular flexibility index (Phi) is 9.87. The minimum absolute atomic E-state index is 0.0270. The maximum atomic E-state index is 15.5. The highest BCUT2D eigenvalue weighted by Gasteiger charge is 2.56. The number of phosphoric acid groups is 1. The van der Waals surface area contributed by atoms with E-state index in [2.05, 4.69) is 16.5 Å². The lowest BCUT2D eigenvalue weighted by Gasteiger charge is -2.29. The van der Waals surface area contributed by atoms with Crippen LogP contribution in [0.1, 0.15) is 53.5 Å². The maximum absolute atomic E-state index is 15.5. The summed E-state index contributed by atoms with van der Waals surface area (Å²) in [6.07, 6.45) is -3.22. The third-order valence-corrected chi connectivity index (χ3v) is 7.51. The molecular formula is C26H37FN3O11P. The van der Waals surface area contributed by atoms with Crippen molar-refractivity contribution in [1.29, 1.82) is 0 Å². The van der Waals surface area contributed by atoms with Crippen LogP contribution in [-0.4, -0.2) is 69.6 Å². The van der Waals surface area contributed by atoms with Crippen LogP contribution in [0.2, 0.25) is 0 Å². The van der Waals surface area contributed by atoms with Crippen LogP contribution in [-0.2, 0) is 41.9 Å². The average molecular weight is 618 g/mol. The van der Waals surface area contributed by atoms with Crippen LogP contribution < -0.4 is 5.56 Å². The van der Waals surface area contributed by atoms with E-state index in [-0.39, 0.29) is 11.0 Å². The number of nitrogens with one attached hydrogen (secondary N) is 1. The van der Waals surface area contributed by atoms with Gasteiger partial charge in [-0.1, -0.05) is 6.08 Å². The van der Waals surface area contributed by atoms with Gasteiger partial charge in [0.1, 0.15) is 11.7 Å². The number of fused-ring (bicyclic) bond motifs is 1. The zero-order valence-corrected chi connectivity index (χ0v) is 25.4. The third-order valence-electron chi connectivity index (χ3n) is 6.22. The molecule has 1 aliphatic rings. The molecule has 0 saturated carbocycles. The van der Waals surface area contributed by atoms with E-state index in [4.69, 9.17) is 27.8 Å². The number of pyridine rings is 1. The van der Waals surface area contributed by atoms with Crippen molar-refractivity contribution >= 4 is 30.8 Å². The predicted molar refractivity (Wildman–Crippen MR) is 146 cm³/mol. The van der Waals surface area contributed by atoms with Crippen molar-refractivity contribution in [3.63, 3.8) is 0 Å². The Morgan fingerprint density at radius 2 is 1.71 bits per heavy atom. The molecule has 16 heteroatoms. The standard InChI is InChI=1S/C26H37FN3O11P/c1-9-26(19(31)17(27)21(41-26)30-12-28-18-16(30)10-15(2)29-20(18)32)11-38-42(35,39-13-36-22(33)24(3,4)5)40-14-37-23(34)25(6,7)8/h9-10,12,17,19,21,31H,1,11,13-14H2,2-8H3,(H,29,32)/t17-,19+,21-,26-/m1/s1. The van der Waals surface area contributed by atoms with Crippen molar-refractivity contribution in [3.8, 4) is 0 Å². The number of esters is 2. The number of carbonyl (C=O) groups is 2. The van der Waals surface area contributed by atoms with Gasteiger partial charge in [0.15, 0.2) is 17.9 Å². The van der Waals surface area contributed by atoms with Gasteiger partial charge in [-0.05, 0) is 54.5 Å². The molecule has 42 heavy (non-hydrogen) atoms. The molecule has 3 rings (SSSR count). The SMILES string of the molecule is C=C[C@]1(COP(=O)(OCOC(=O)C(C)(C)C)OCOC(=O)C(C)(C)C)O[C@@H](n2cnc3c(=O)[nH]c(C)cc32)[C@H](F)[C@@H]1O. The summed E-state index contributed by atoms with van der Waals surface area (Å²) in [6, 6.07) is 1.56. The van der Waals surface area contributed by atoms with Gasteiger partial charge in [-0.15, -0.1) is 6.58 Å². The topological polar surface area (TPSA) is 178 Å². The molecule has 0 radical (unpaired) electrons. The lowest BCUT2D eigenvalue weighted by Crippen LogP contribution is -2.44. The number of halogens is 1. The highest BCUT2D eigenvalue weighted by Crippen LogP contribution is 2.52. The van der Waals surface area contributed by atoms with Gasteiger partial charge in [-0.25, -0.2) is 23.0 Å². The highest BCUT2D eigenvalue weighted by atomic mass is 31.2. The van der Waals surface area contributed by atoms with E-state index in [0.29, 0.717) is 5.69 Å². The van der Waals surface area contributed by atoms with E-state index in [1.54, 1.807) is 54.5 Å². The van der Waals surface area contributed by atoms with Crippen molar-refractivity contribution in [2.75, 3.05) is 20.2 Å². The van der Waals surface area contributed by atoms with Crippen LogP contribution in [0.15, 0.2) is 29.8 Å². The number of hydrogen-bond donors (Lipinski definition) is 2. The van der Waals surface area contributed by atoms with Gasteiger partial charge in [0.05, 0.1) is 29.3 Å². The summed E-state index contributed by atoms with van der Waals surface area (Å²) in [7, 11) is -4.70. The van der Waals surface area contributed by atoms with Crippen molar-refractivity contribution in [1.82, 2.24) is 14.5 Å². The Labute approximate surface area is 241 Å². The van der Waals surface area contributed by atoms with E-state index in [1.807, 2.05) is 0 Å². The molecule has 0 aromatic carbocycles. The summed E-state index contributed by atoms with van der Waals surface area (Å²) in [5.41, 5.74) is -3.55. The van der Waals surface area contributed by atoms with Crippen molar-refractivity contribution in [2.24, 2.45) is 10.8 Å². The van der Waals surface area contributed by atoms with Crippen LogP contribution in [0.5, 0.6) is 0 Å². The number of hydrogen-bond acceptors (Lipinski definition) is 12. The minimum atomic E-state index is -4.70. The second kappa shape index (κ2) is 12.3. The first kappa shape index (κ1) is 33.6. The number of aliphatic hydroxyl groups is 1. The van der Waals surface area contributed by atoms with E-state index >= 15 is 4.39 Å². The summed E-state index contributed by atoms with van der Waals surface area (Å²) in [5, 5.41) is 10.9. The van der Waals surface area contributed by atoms with Crippen LogP contribution in [0.3, 0.4) is 0 Å². The molecule has 0 amide bonds. The molecule has 234 valence electrons. The Morgan fingerprint density at radius 1 is 1.17 bits per heavy atom. The molecule has 2 aromatic heterocycles. The molecule has 0 unspecified atom stereocenters. The molecular weight excluding hydrogens is 580 g/mol. The van der Waals surface area contributed by atoms with Crippen LogP contribution in [0.25, 0.3) is 11.0 Å². The van der Waals surface area contributed by atoms with Crippen molar-refractivity contribution in [2.45, 2.75) is 72.6 Å². The number of ether oxygens (including phenoxy) is 3. The molecule has 3 heterocycles. The molecule has 1 fully saturated rings. The average Bonchev–Trinajstić information content (AvgIpc) is 3.41. The first-order valence-electron chi connectivity index (χ1n) is 12.9. The number of rotatable bonds is 11. The fourth-order valence-electron chi connectivity index (χ4n) is 3.73. The first-order chi connectivity index (χ1) is 19.3. The van der Waals surface area contributed by atoms with Gasteiger partial charge in [0, 0.05) is 5.69 Å². The van der Waals surface area contributed by atoms with Gasteiger partial charge < -0.3 is 28.9 Å².